The lowest BCUT2D eigenvalue weighted by Crippen LogP contribution is -2.58. The Morgan fingerprint density at radius 1 is 1.15 bits per heavy atom. The first-order valence-electron chi connectivity index (χ1n) is 11.5. The molecule has 2 saturated heterocycles. The van der Waals surface area contributed by atoms with E-state index in [1.807, 2.05) is 24.2 Å². The largest absolute Gasteiger partial charge is 0.491 e. The highest BCUT2D eigenvalue weighted by Gasteiger charge is 2.41. The van der Waals surface area contributed by atoms with E-state index in [1.54, 1.807) is 12.1 Å². The molecule has 1 unspecified atom stereocenters. The lowest BCUT2D eigenvalue weighted by Gasteiger charge is -2.43. The quantitative estimate of drug-likeness (QED) is 0.638. The molecule has 7 nitrogen and oxygen atoms in total. The molecule has 2 aromatic rings. The summed E-state index contributed by atoms with van der Waals surface area (Å²) in [6.07, 6.45) is 3.98. The summed E-state index contributed by atoms with van der Waals surface area (Å²) in [5, 5.41) is 0. The maximum atomic E-state index is 13.3. The molecule has 0 spiro atoms. The van der Waals surface area contributed by atoms with Crippen LogP contribution in [0.1, 0.15) is 17.5 Å². The Kier molecular flexibility index (Phi) is 7.57. The molecule has 2 aliphatic heterocycles. The fraction of sp³-hybridized carbons (Fsp3) is 0.520. The van der Waals surface area contributed by atoms with Gasteiger partial charge in [0.2, 0.25) is 5.91 Å². The number of amides is 1. The van der Waals surface area contributed by atoms with E-state index < -0.39 is 5.60 Å². The number of rotatable bonds is 7. The molecule has 33 heavy (non-hydrogen) atoms. The number of aromatic nitrogens is 1. The number of benzene rings is 1. The van der Waals surface area contributed by atoms with Crippen molar-refractivity contribution in [2.24, 2.45) is 0 Å². The highest BCUT2D eigenvalue weighted by atomic mass is 19.1. The lowest BCUT2D eigenvalue weighted by molar-refractivity contribution is -0.157. The van der Waals surface area contributed by atoms with Gasteiger partial charge in [0.15, 0.2) is 0 Å². The zero-order chi connectivity index (χ0) is 23.3. The zero-order valence-corrected chi connectivity index (χ0v) is 19.5. The molecule has 1 atom stereocenters. The van der Waals surface area contributed by atoms with Crippen LogP contribution in [-0.2, 0) is 16.1 Å². The molecule has 178 valence electrons. The van der Waals surface area contributed by atoms with Crippen molar-refractivity contribution in [2.75, 3.05) is 59.5 Å². The van der Waals surface area contributed by atoms with Gasteiger partial charge in [0, 0.05) is 58.2 Å². The number of carbonyl (C=O) groups excluding carboxylic acids is 1. The maximum Gasteiger partial charge on any atom is 0.225 e. The minimum atomic E-state index is -0.773. The smallest absolute Gasteiger partial charge is 0.225 e. The van der Waals surface area contributed by atoms with Crippen LogP contribution in [-0.4, -0.2) is 90.7 Å². The Morgan fingerprint density at radius 2 is 1.91 bits per heavy atom. The van der Waals surface area contributed by atoms with E-state index in [0.29, 0.717) is 18.9 Å². The molecule has 0 aliphatic carbocycles. The minimum absolute atomic E-state index is 0.0879. The number of piperazine rings is 1. The molecular formula is C25H33FN4O3. The van der Waals surface area contributed by atoms with Gasteiger partial charge in [0.1, 0.15) is 23.8 Å². The molecule has 0 radical (unpaired) electrons. The molecule has 1 aromatic heterocycles. The number of likely N-dealkylation sites (N-methyl/N-ethyl adjacent to an activating group) is 1. The molecule has 3 heterocycles. The van der Waals surface area contributed by atoms with Crippen molar-refractivity contribution < 1.29 is 18.7 Å². The van der Waals surface area contributed by atoms with Gasteiger partial charge in [-0.3, -0.25) is 14.7 Å². The predicted octanol–water partition coefficient (Wildman–Crippen LogP) is 2.34. The number of ether oxygens (including phenoxy) is 2. The van der Waals surface area contributed by atoms with Crippen molar-refractivity contribution in [3.05, 3.63) is 59.7 Å². The number of hydrogen-bond acceptors (Lipinski definition) is 6. The number of nitrogens with zero attached hydrogens (tertiary/aromatic N) is 4. The van der Waals surface area contributed by atoms with Crippen LogP contribution in [0.15, 0.2) is 42.7 Å². The first-order chi connectivity index (χ1) is 15.9. The molecule has 0 saturated carbocycles. The summed E-state index contributed by atoms with van der Waals surface area (Å²) in [6.45, 7) is 8.05. The summed E-state index contributed by atoms with van der Waals surface area (Å²) in [6, 6.07) is 8.08. The Morgan fingerprint density at radius 3 is 2.64 bits per heavy atom. The summed E-state index contributed by atoms with van der Waals surface area (Å²) in [7, 11) is 2.07. The standard InChI is InChI=1S/C25H33FN4O3/c1-20-13-21(16-27-15-20)17-29-11-12-33-25(18-29,19-32-23-5-3-22(26)4-6-23)14-24(31)30-9-7-28(2)8-10-30/h3-6,13,15-16H,7-12,14,17-19H2,1-2H3. The van der Waals surface area contributed by atoms with Gasteiger partial charge in [0.05, 0.1) is 13.0 Å². The molecule has 2 aliphatic rings. The highest BCUT2D eigenvalue weighted by molar-refractivity contribution is 5.77. The van der Waals surface area contributed by atoms with Crippen LogP contribution >= 0.6 is 0 Å². The second kappa shape index (κ2) is 10.6. The number of carbonyl (C=O) groups is 1. The third-order valence-electron chi connectivity index (χ3n) is 6.31. The van der Waals surface area contributed by atoms with Crippen LogP contribution in [0, 0.1) is 12.7 Å². The summed E-state index contributed by atoms with van der Waals surface area (Å²) in [5.74, 6) is 0.338. The average molecular weight is 457 g/mol. The Bertz CT molecular complexity index is 934. The van der Waals surface area contributed by atoms with Gasteiger partial charge >= 0.3 is 0 Å². The van der Waals surface area contributed by atoms with Crippen LogP contribution in [0.5, 0.6) is 5.75 Å². The number of halogens is 1. The van der Waals surface area contributed by atoms with Crippen LogP contribution in [0.4, 0.5) is 4.39 Å². The predicted molar refractivity (Wildman–Crippen MR) is 124 cm³/mol. The van der Waals surface area contributed by atoms with E-state index in [0.717, 1.165) is 50.4 Å². The molecule has 0 N–H and O–H groups in total. The lowest BCUT2D eigenvalue weighted by atomic mass is 9.96. The van der Waals surface area contributed by atoms with Crippen LogP contribution < -0.4 is 4.74 Å². The second-order valence-electron chi connectivity index (χ2n) is 9.22. The molecule has 0 bridgehead atoms. The van der Waals surface area contributed by atoms with E-state index in [1.165, 1.54) is 12.1 Å². The molecule has 1 aromatic carbocycles. The van der Waals surface area contributed by atoms with Gasteiger partial charge in [-0.2, -0.15) is 0 Å². The van der Waals surface area contributed by atoms with Crippen LogP contribution in [0.25, 0.3) is 0 Å². The Hall–Kier alpha value is -2.55. The Balaban J connectivity index is 1.48. The summed E-state index contributed by atoms with van der Waals surface area (Å²) >= 11 is 0. The minimum Gasteiger partial charge on any atom is -0.491 e. The van der Waals surface area contributed by atoms with Crippen molar-refractivity contribution in [1.82, 2.24) is 19.7 Å². The molecule has 2 fully saturated rings. The van der Waals surface area contributed by atoms with Crippen LogP contribution in [0.3, 0.4) is 0 Å². The van der Waals surface area contributed by atoms with Crippen molar-refractivity contribution >= 4 is 5.91 Å². The Labute approximate surface area is 195 Å². The van der Waals surface area contributed by atoms with Crippen molar-refractivity contribution in [2.45, 2.75) is 25.5 Å². The van der Waals surface area contributed by atoms with E-state index in [9.17, 15) is 9.18 Å². The van der Waals surface area contributed by atoms with Gasteiger partial charge in [-0.15, -0.1) is 0 Å². The van der Waals surface area contributed by atoms with Crippen molar-refractivity contribution in [1.29, 1.82) is 0 Å². The number of aryl methyl sites for hydroxylation is 1. The molecule has 8 heteroatoms. The van der Waals surface area contributed by atoms with Gasteiger partial charge in [0.25, 0.3) is 0 Å². The van der Waals surface area contributed by atoms with Gasteiger partial charge in [-0.25, -0.2) is 4.39 Å². The molecular weight excluding hydrogens is 423 g/mol. The van der Waals surface area contributed by atoms with E-state index in [4.69, 9.17) is 9.47 Å². The summed E-state index contributed by atoms with van der Waals surface area (Å²) in [5.41, 5.74) is 1.48. The van der Waals surface area contributed by atoms with E-state index >= 15 is 0 Å². The highest BCUT2D eigenvalue weighted by Crippen LogP contribution is 2.27. The summed E-state index contributed by atoms with van der Waals surface area (Å²) in [4.78, 5) is 24.0. The first-order valence-corrected chi connectivity index (χ1v) is 11.5. The zero-order valence-electron chi connectivity index (χ0n) is 19.5. The average Bonchev–Trinajstić information content (AvgIpc) is 2.79. The monoisotopic (exact) mass is 456 g/mol. The first kappa shape index (κ1) is 23.6. The van der Waals surface area contributed by atoms with Gasteiger partial charge in [-0.1, -0.05) is 6.07 Å². The van der Waals surface area contributed by atoms with Crippen molar-refractivity contribution in [3.8, 4) is 5.75 Å². The molecule has 1 amide bonds. The van der Waals surface area contributed by atoms with Gasteiger partial charge in [-0.05, 0) is 49.4 Å². The third kappa shape index (κ3) is 6.50. The topological polar surface area (TPSA) is 58.1 Å². The van der Waals surface area contributed by atoms with Gasteiger partial charge < -0.3 is 19.3 Å². The fourth-order valence-electron chi connectivity index (χ4n) is 4.45. The summed E-state index contributed by atoms with van der Waals surface area (Å²) < 4.78 is 25.6. The van der Waals surface area contributed by atoms with Crippen molar-refractivity contribution in [3.63, 3.8) is 0 Å². The number of pyridine rings is 1. The van der Waals surface area contributed by atoms with E-state index in [2.05, 4.69) is 27.9 Å². The normalized spacial score (nSPS) is 22.3. The molecule has 4 rings (SSSR count). The fourth-order valence-corrected chi connectivity index (χ4v) is 4.45. The second-order valence-corrected chi connectivity index (χ2v) is 9.22. The van der Waals surface area contributed by atoms with Crippen LogP contribution in [0.2, 0.25) is 0 Å². The number of hydrogen-bond donors (Lipinski definition) is 0. The van der Waals surface area contributed by atoms with E-state index in [-0.39, 0.29) is 24.8 Å². The maximum absolute atomic E-state index is 13.3. The SMILES string of the molecule is Cc1cncc(CN2CCOC(COc3ccc(F)cc3)(CC(=O)N3CCN(C)CC3)C2)c1. The number of morpholine rings is 1. The third-order valence-corrected chi connectivity index (χ3v) is 6.31.